The highest BCUT2D eigenvalue weighted by Crippen LogP contribution is 2.30. The third kappa shape index (κ3) is 3.14. The summed E-state index contributed by atoms with van der Waals surface area (Å²) in [7, 11) is 0. The summed E-state index contributed by atoms with van der Waals surface area (Å²) in [4.78, 5) is 5.28. The van der Waals surface area contributed by atoms with Crippen molar-refractivity contribution >= 4 is 45.0 Å². The maximum absolute atomic E-state index is 5.83. The van der Waals surface area contributed by atoms with Crippen LogP contribution in [0.1, 0.15) is 0 Å². The van der Waals surface area contributed by atoms with Gasteiger partial charge in [-0.3, -0.25) is 0 Å². The predicted octanol–water partition coefficient (Wildman–Crippen LogP) is 4.23. The molecule has 2 aromatic rings. The van der Waals surface area contributed by atoms with E-state index in [0.717, 1.165) is 14.4 Å². The maximum atomic E-state index is 5.83. The molecule has 1 aromatic heterocycles. The molecule has 0 spiro atoms. The van der Waals surface area contributed by atoms with Crippen molar-refractivity contribution in [3.63, 3.8) is 0 Å². The van der Waals surface area contributed by atoms with Crippen molar-refractivity contribution in [3.8, 4) is 0 Å². The van der Waals surface area contributed by atoms with Crippen LogP contribution in [0.25, 0.3) is 0 Å². The standard InChI is InChI=1S/C11H8BrClN2S/c12-7-2-1-3-9(4-7)16-11-6-8(14)5-10(13)15-11/h1-6H,(H2,14,15). The minimum absolute atomic E-state index is 0.414. The minimum Gasteiger partial charge on any atom is -0.399 e. The van der Waals surface area contributed by atoms with Crippen LogP contribution in [0.5, 0.6) is 0 Å². The first-order valence-corrected chi connectivity index (χ1v) is 6.49. The van der Waals surface area contributed by atoms with Gasteiger partial charge in [0.05, 0.1) is 0 Å². The number of rotatable bonds is 2. The number of halogens is 2. The lowest BCUT2D eigenvalue weighted by molar-refractivity contribution is 1.14. The molecular formula is C11H8BrClN2S. The highest BCUT2D eigenvalue weighted by atomic mass is 79.9. The lowest BCUT2D eigenvalue weighted by Crippen LogP contribution is -1.88. The first-order valence-electron chi connectivity index (χ1n) is 4.50. The van der Waals surface area contributed by atoms with Gasteiger partial charge in [0, 0.05) is 15.1 Å². The second kappa shape index (κ2) is 5.08. The van der Waals surface area contributed by atoms with Crippen LogP contribution in [0.2, 0.25) is 5.15 Å². The van der Waals surface area contributed by atoms with Crippen molar-refractivity contribution in [3.05, 3.63) is 46.0 Å². The Morgan fingerprint density at radius 2 is 2.06 bits per heavy atom. The van der Waals surface area contributed by atoms with Gasteiger partial charge in [0.25, 0.3) is 0 Å². The van der Waals surface area contributed by atoms with E-state index >= 15 is 0 Å². The van der Waals surface area contributed by atoms with E-state index in [9.17, 15) is 0 Å². The number of benzene rings is 1. The molecule has 0 saturated heterocycles. The summed E-state index contributed by atoms with van der Waals surface area (Å²) in [6, 6.07) is 11.4. The van der Waals surface area contributed by atoms with Gasteiger partial charge in [-0.05, 0) is 30.3 Å². The van der Waals surface area contributed by atoms with Gasteiger partial charge in [0.2, 0.25) is 0 Å². The molecule has 16 heavy (non-hydrogen) atoms. The van der Waals surface area contributed by atoms with Crippen LogP contribution in [-0.4, -0.2) is 4.98 Å². The van der Waals surface area contributed by atoms with E-state index in [1.165, 1.54) is 11.8 Å². The average molecular weight is 316 g/mol. The van der Waals surface area contributed by atoms with Gasteiger partial charge in [-0.1, -0.05) is 45.4 Å². The summed E-state index contributed by atoms with van der Waals surface area (Å²) in [6.45, 7) is 0. The lowest BCUT2D eigenvalue weighted by atomic mass is 10.4. The SMILES string of the molecule is Nc1cc(Cl)nc(Sc2cccc(Br)c2)c1. The van der Waals surface area contributed by atoms with E-state index < -0.39 is 0 Å². The average Bonchev–Trinajstić information content (AvgIpc) is 2.15. The highest BCUT2D eigenvalue weighted by Gasteiger charge is 2.02. The summed E-state index contributed by atoms with van der Waals surface area (Å²) < 4.78 is 1.03. The molecule has 1 heterocycles. The van der Waals surface area contributed by atoms with Gasteiger partial charge in [-0.2, -0.15) is 0 Å². The molecule has 0 fully saturated rings. The Kier molecular flexibility index (Phi) is 3.74. The zero-order chi connectivity index (χ0) is 11.5. The Morgan fingerprint density at radius 1 is 1.25 bits per heavy atom. The molecule has 0 aliphatic heterocycles. The van der Waals surface area contributed by atoms with Crippen molar-refractivity contribution in [1.29, 1.82) is 0 Å². The third-order valence-corrected chi connectivity index (χ3v) is 3.41. The molecule has 0 bridgehead atoms. The summed E-state index contributed by atoms with van der Waals surface area (Å²) in [5, 5.41) is 1.21. The van der Waals surface area contributed by atoms with E-state index in [-0.39, 0.29) is 0 Å². The number of nitrogens with two attached hydrogens (primary N) is 1. The lowest BCUT2D eigenvalue weighted by Gasteiger charge is -2.03. The second-order valence-corrected chi connectivity index (χ2v) is 5.52. The number of pyridine rings is 1. The van der Waals surface area contributed by atoms with Crippen molar-refractivity contribution in [2.24, 2.45) is 0 Å². The van der Waals surface area contributed by atoms with Gasteiger partial charge >= 0.3 is 0 Å². The molecule has 1 aromatic carbocycles. The first kappa shape index (κ1) is 11.8. The van der Waals surface area contributed by atoms with Gasteiger partial charge in [0.15, 0.2) is 0 Å². The second-order valence-electron chi connectivity index (χ2n) is 3.12. The van der Waals surface area contributed by atoms with Gasteiger partial charge < -0.3 is 5.73 Å². The zero-order valence-electron chi connectivity index (χ0n) is 8.15. The predicted molar refractivity (Wildman–Crippen MR) is 71.9 cm³/mol. The zero-order valence-corrected chi connectivity index (χ0v) is 11.3. The third-order valence-electron chi connectivity index (χ3n) is 1.81. The van der Waals surface area contributed by atoms with Gasteiger partial charge in [-0.25, -0.2) is 4.98 Å². The first-order chi connectivity index (χ1) is 7.63. The van der Waals surface area contributed by atoms with E-state index in [2.05, 4.69) is 20.9 Å². The Morgan fingerprint density at radius 3 is 2.75 bits per heavy atom. The van der Waals surface area contributed by atoms with Crippen molar-refractivity contribution in [2.45, 2.75) is 9.92 Å². The molecule has 0 unspecified atom stereocenters. The maximum Gasteiger partial charge on any atom is 0.132 e. The van der Waals surface area contributed by atoms with E-state index in [0.29, 0.717) is 10.8 Å². The van der Waals surface area contributed by atoms with Gasteiger partial charge in [0.1, 0.15) is 10.2 Å². The fourth-order valence-corrected chi connectivity index (χ4v) is 2.93. The van der Waals surface area contributed by atoms with Crippen LogP contribution in [0.3, 0.4) is 0 Å². The van der Waals surface area contributed by atoms with Crippen LogP contribution in [0.4, 0.5) is 5.69 Å². The normalized spacial score (nSPS) is 10.4. The molecule has 0 aliphatic carbocycles. The molecule has 0 atom stereocenters. The molecule has 0 saturated carbocycles. The van der Waals surface area contributed by atoms with Crippen LogP contribution in [0, 0.1) is 0 Å². The summed E-state index contributed by atoms with van der Waals surface area (Å²) in [5.74, 6) is 0. The monoisotopic (exact) mass is 314 g/mol. The Balaban J connectivity index is 2.27. The smallest absolute Gasteiger partial charge is 0.132 e. The molecule has 5 heteroatoms. The van der Waals surface area contributed by atoms with Crippen molar-refractivity contribution in [1.82, 2.24) is 4.98 Å². The number of nitrogen functional groups attached to an aromatic ring is 1. The molecule has 2 nitrogen and oxygen atoms in total. The van der Waals surface area contributed by atoms with Gasteiger partial charge in [-0.15, -0.1) is 0 Å². The van der Waals surface area contributed by atoms with Crippen LogP contribution in [-0.2, 0) is 0 Å². The molecular weight excluding hydrogens is 308 g/mol. The molecule has 2 rings (SSSR count). The van der Waals surface area contributed by atoms with Crippen LogP contribution < -0.4 is 5.73 Å². The summed E-state index contributed by atoms with van der Waals surface area (Å²) >= 11 is 10.8. The van der Waals surface area contributed by atoms with E-state index in [4.69, 9.17) is 17.3 Å². The topological polar surface area (TPSA) is 38.9 Å². The number of anilines is 1. The molecule has 82 valence electrons. The van der Waals surface area contributed by atoms with E-state index in [1.54, 1.807) is 12.1 Å². The Hall–Kier alpha value is -0.710. The molecule has 0 aliphatic rings. The van der Waals surface area contributed by atoms with Crippen LogP contribution >= 0.6 is 39.3 Å². The fraction of sp³-hybridized carbons (Fsp3) is 0. The number of hydrogen-bond donors (Lipinski definition) is 1. The van der Waals surface area contributed by atoms with Crippen molar-refractivity contribution in [2.75, 3.05) is 5.73 Å². The fourth-order valence-electron chi connectivity index (χ4n) is 1.20. The van der Waals surface area contributed by atoms with Crippen molar-refractivity contribution < 1.29 is 0 Å². The minimum atomic E-state index is 0.414. The number of aromatic nitrogens is 1. The van der Waals surface area contributed by atoms with Crippen LogP contribution in [0.15, 0.2) is 50.8 Å². The number of nitrogens with zero attached hydrogens (tertiary/aromatic N) is 1. The summed E-state index contributed by atoms with van der Waals surface area (Å²) in [5.41, 5.74) is 6.32. The molecule has 2 N–H and O–H groups in total. The Bertz CT molecular complexity index is 499. The molecule has 0 radical (unpaired) electrons. The molecule has 0 amide bonds. The highest BCUT2D eigenvalue weighted by molar-refractivity contribution is 9.10. The van der Waals surface area contributed by atoms with E-state index in [1.807, 2.05) is 24.3 Å². The Labute approximate surface area is 111 Å². The quantitative estimate of drug-likeness (QED) is 0.843. The number of hydrogen-bond acceptors (Lipinski definition) is 3. The largest absolute Gasteiger partial charge is 0.399 e. The summed E-state index contributed by atoms with van der Waals surface area (Å²) in [6.07, 6.45) is 0.